The summed E-state index contributed by atoms with van der Waals surface area (Å²) in [5.74, 6) is 1.11. The van der Waals surface area contributed by atoms with Gasteiger partial charge in [-0.15, -0.1) is 0 Å². The van der Waals surface area contributed by atoms with E-state index in [1.807, 2.05) is 0 Å². The van der Waals surface area contributed by atoms with Crippen molar-refractivity contribution in [2.45, 2.75) is 18.9 Å². The highest BCUT2D eigenvalue weighted by atomic mass is 16.5. The number of rotatable bonds is 1. The van der Waals surface area contributed by atoms with Gasteiger partial charge in [0.2, 0.25) is 0 Å². The maximum atomic E-state index is 5.70. The van der Waals surface area contributed by atoms with Crippen molar-refractivity contribution < 1.29 is 9.47 Å². The zero-order valence-electron chi connectivity index (χ0n) is 8.66. The van der Waals surface area contributed by atoms with Crippen molar-refractivity contribution in [3.05, 3.63) is 28.8 Å². The standard InChI is InChI=1S/C12H15NO2/c13-7-11-9-2-1-8-3-5-15-12(8)10(9)4-6-14-11/h1-2,11H,3-7,13H2/t11-/m0/s1. The first kappa shape index (κ1) is 9.19. The van der Waals surface area contributed by atoms with Crippen molar-refractivity contribution in [3.63, 3.8) is 0 Å². The van der Waals surface area contributed by atoms with E-state index in [9.17, 15) is 0 Å². The molecule has 80 valence electrons. The van der Waals surface area contributed by atoms with Crippen LogP contribution in [0.2, 0.25) is 0 Å². The minimum atomic E-state index is 0.0586. The number of hydrogen-bond donors (Lipinski definition) is 1. The van der Waals surface area contributed by atoms with Crippen molar-refractivity contribution in [1.29, 1.82) is 0 Å². The van der Waals surface area contributed by atoms with E-state index in [0.29, 0.717) is 6.54 Å². The van der Waals surface area contributed by atoms with Crippen LogP contribution in [0.5, 0.6) is 5.75 Å². The van der Waals surface area contributed by atoms with Crippen molar-refractivity contribution in [3.8, 4) is 5.75 Å². The Bertz CT molecular complexity index is 389. The Hall–Kier alpha value is -1.06. The minimum Gasteiger partial charge on any atom is -0.493 e. The zero-order chi connectivity index (χ0) is 10.3. The summed E-state index contributed by atoms with van der Waals surface area (Å²) in [6.07, 6.45) is 2.05. The molecule has 1 atom stereocenters. The lowest BCUT2D eigenvalue weighted by molar-refractivity contribution is 0.0477. The van der Waals surface area contributed by atoms with Crippen LogP contribution in [0, 0.1) is 0 Å². The quantitative estimate of drug-likeness (QED) is 0.749. The summed E-state index contributed by atoms with van der Waals surface area (Å²) in [5.41, 5.74) is 9.59. The topological polar surface area (TPSA) is 44.5 Å². The summed E-state index contributed by atoms with van der Waals surface area (Å²) in [6.45, 7) is 2.13. The first-order chi connectivity index (χ1) is 7.40. The molecule has 0 aromatic heterocycles. The Labute approximate surface area is 89.2 Å². The number of fused-ring (bicyclic) bond motifs is 3. The van der Waals surface area contributed by atoms with Crippen LogP contribution in [0.3, 0.4) is 0 Å². The van der Waals surface area contributed by atoms with E-state index >= 15 is 0 Å². The molecular weight excluding hydrogens is 190 g/mol. The molecule has 0 saturated heterocycles. The van der Waals surface area contributed by atoms with Crippen LogP contribution in [0.4, 0.5) is 0 Å². The molecule has 2 aliphatic heterocycles. The fourth-order valence-electron chi connectivity index (χ4n) is 2.48. The molecule has 0 radical (unpaired) electrons. The molecule has 0 aliphatic carbocycles. The fraction of sp³-hybridized carbons (Fsp3) is 0.500. The van der Waals surface area contributed by atoms with E-state index in [0.717, 1.165) is 31.8 Å². The van der Waals surface area contributed by atoms with Crippen LogP contribution >= 0.6 is 0 Å². The first-order valence-electron chi connectivity index (χ1n) is 5.49. The summed E-state index contributed by atoms with van der Waals surface area (Å²) in [7, 11) is 0. The molecule has 0 bridgehead atoms. The highest BCUT2D eigenvalue weighted by molar-refractivity contribution is 5.50. The summed E-state index contributed by atoms with van der Waals surface area (Å²) in [6, 6.07) is 4.30. The maximum absolute atomic E-state index is 5.70. The third-order valence-electron chi connectivity index (χ3n) is 3.23. The van der Waals surface area contributed by atoms with E-state index < -0.39 is 0 Å². The van der Waals surface area contributed by atoms with Crippen molar-refractivity contribution in [1.82, 2.24) is 0 Å². The Kier molecular flexibility index (Phi) is 2.15. The molecule has 2 aliphatic rings. The van der Waals surface area contributed by atoms with Crippen molar-refractivity contribution in [2.24, 2.45) is 5.73 Å². The average Bonchev–Trinajstić information content (AvgIpc) is 2.76. The molecule has 0 amide bonds. The SMILES string of the molecule is NC[C@@H]1OCCc2c1ccc1c2OCC1. The van der Waals surface area contributed by atoms with Gasteiger partial charge in [0.25, 0.3) is 0 Å². The number of ether oxygens (including phenoxy) is 2. The van der Waals surface area contributed by atoms with Gasteiger partial charge >= 0.3 is 0 Å². The molecule has 3 nitrogen and oxygen atoms in total. The summed E-state index contributed by atoms with van der Waals surface area (Å²) in [4.78, 5) is 0. The third-order valence-corrected chi connectivity index (χ3v) is 3.23. The van der Waals surface area contributed by atoms with Crippen molar-refractivity contribution >= 4 is 0 Å². The first-order valence-corrected chi connectivity index (χ1v) is 5.49. The molecule has 2 N–H and O–H groups in total. The van der Waals surface area contributed by atoms with Gasteiger partial charge in [0, 0.05) is 18.5 Å². The fourth-order valence-corrected chi connectivity index (χ4v) is 2.48. The predicted octanol–water partition coefficient (Wildman–Crippen LogP) is 1.19. The molecule has 3 rings (SSSR count). The second-order valence-corrected chi connectivity index (χ2v) is 4.07. The smallest absolute Gasteiger partial charge is 0.126 e. The van der Waals surface area contributed by atoms with E-state index in [2.05, 4.69) is 12.1 Å². The molecule has 15 heavy (non-hydrogen) atoms. The van der Waals surface area contributed by atoms with Gasteiger partial charge in [-0.2, -0.15) is 0 Å². The average molecular weight is 205 g/mol. The largest absolute Gasteiger partial charge is 0.493 e. The Morgan fingerprint density at radius 3 is 3.07 bits per heavy atom. The van der Waals surface area contributed by atoms with Gasteiger partial charge in [-0.25, -0.2) is 0 Å². The van der Waals surface area contributed by atoms with E-state index in [4.69, 9.17) is 15.2 Å². The minimum absolute atomic E-state index is 0.0586. The zero-order valence-corrected chi connectivity index (χ0v) is 8.66. The second-order valence-electron chi connectivity index (χ2n) is 4.07. The highest BCUT2D eigenvalue weighted by Crippen LogP contribution is 2.37. The molecule has 0 saturated carbocycles. The van der Waals surface area contributed by atoms with Gasteiger partial charge in [-0.3, -0.25) is 0 Å². The lowest BCUT2D eigenvalue weighted by atomic mass is 9.94. The lowest BCUT2D eigenvalue weighted by Crippen LogP contribution is -2.23. The summed E-state index contributed by atoms with van der Waals surface area (Å²) < 4.78 is 11.3. The summed E-state index contributed by atoms with van der Waals surface area (Å²) in [5, 5.41) is 0. The molecule has 0 fully saturated rings. The lowest BCUT2D eigenvalue weighted by Gasteiger charge is -2.26. The van der Waals surface area contributed by atoms with Crippen LogP contribution in [0.15, 0.2) is 12.1 Å². The Morgan fingerprint density at radius 1 is 1.27 bits per heavy atom. The van der Waals surface area contributed by atoms with Crippen LogP contribution in [-0.2, 0) is 17.6 Å². The number of hydrogen-bond acceptors (Lipinski definition) is 3. The van der Waals surface area contributed by atoms with Gasteiger partial charge in [0.1, 0.15) is 5.75 Å². The molecule has 1 aromatic carbocycles. The number of nitrogens with two attached hydrogens (primary N) is 1. The molecule has 0 spiro atoms. The molecule has 3 heteroatoms. The van der Waals surface area contributed by atoms with Gasteiger partial charge in [-0.1, -0.05) is 12.1 Å². The second kappa shape index (κ2) is 3.51. The Morgan fingerprint density at radius 2 is 2.20 bits per heavy atom. The van der Waals surface area contributed by atoms with Crippen LogP contribution in [-0.4, -0.2) is 19.8 Å². The van der Waals surface area contributed by atoms with Crippen LogP contribution < -0.4 is 10.5 Å². The van der Waals surface area contributed by atoms with Crippen LogP contribution in [0.1, 0.15) is 22.8 Å². The predicted molar refractivity (Wildman–Crippen MR) is 57.1 cm³/mol. The van der Waals surface area contributed by atoms with Crippen LogP contribution in [0.25, 0.3) is 0 Å². The van der Waals surface area contributed by atoms with E-state index in [1.165, 1.54) is 16.7 Å². The molecule has 2 heterocycles. The van der Waals surface area contributed by atoms with Gasteiger partial charge in [0.15, 0.2) is 0 Å². The normalized spacial score (nSPS) is 23.1. The van der Waals surface area contributed by atoms with Gasteiger partial charge in [0.05, 0.1) is 19.3 Å². The molecule has 1 aromatic rings. The van der Waals surface area contributed by atoms with Crippen molar-refractivity contribution in [2.75, 3.05) is 19.8 Å². The Balaban J connectivity index is 2.11. The monoisotopic (exact) mass is 205 g/mol. The number of benzene rings is 1. The maximum Gasteiger partial charge on any atom is 0.126 e. The van der Waals surface area contributed by atoms with Gasteiger partial charge < -0.3 is 15.2 Å². The van der Waals surface area contributed by atoms with E-state index in [-0.39, 0.29) is 6.10 Å². The van der Waals surface area contributed by atoms with E-state index in [1.54, 1.807) is 0 Å². The summed E-state index contributed by atoms with van der Waals surface area (Å²) >= 11 is 0. The van der Waals surface area contributed by atoms with Gasteiger partial charge in [-0.05, 0) is 17.5 Å². The highest BCUT2D eigenvalue weighted by Gasteiger charge is 2.26. The molecule has 0 unspecified atom stereocenters. The third kappa shape index (κ3) is 1.34. The molecular formula is C12H15NO2.